The quantitative estimate of drug-likeness (QED) is 0.545. The lowest BCUT2D eigenvalue weighted by Gasteiger charge is -2.33. The summed E-state index contributed by atoms with van der Waals surface area (Å²) >= 11 is 0. The van der Waals surface area contributed by atoms with E-state index in [2.05, 4.69) is 37.9 Å². The van der Waals surface area contributed by atoms with Crippen LogP contribution in [0.25, 0.3) is 0 Å². The summed E-state index contributed by atoms with van der Waals surface area (Å²) in [4.78, 5) is 2.57. The van der Waals surface area contributed by atoms with Crippen molar-refractivity contribution in [3.05, 3.63) is 0 Å². The van der Waals surface area contributed by atoms with Crippen LogP contribution in [-0.4, -0.2) is 50.8 Å². The van der Waals surface area contributed by atoms with Crippen LogP contribution in [0.2, 0.25) is 0 Å². The van der Waals surface area contributed by atoms with E-state index in [9.17, 15) is 0 Å². The minimum absolute atomic E-state index is 0.507. The summed E-state index contributed by atoms with van der Waals surface area (Å²) in [6, 6.07) is 0.507. The van der Waals surface area contributed by atoms with Gasteiger partial charge in [0.15, 0.2) is 0 Å². The van der Waals surface area contributed by atoms with Crippen molar-refractivity contribution in [1.29, 1.82) is 0 Å². The van der Waals surface area contributed by atoms with E-state index in [1.165, 1.54) is 25.8 Å². The number of hydrogen-bond donors (Lipinski definition) is 1. The average Bonchev–Trinajstić information content (AvgIpc) is 2.40. The normalized spacial score (nSPS) is 13.5. The van der Waals surface area contributed by atoms with Crippen molar-refractivity contribution in [2.45, 2.75) is 53.0 Å². The zero-order valence-corrected chi connectivity index (χ0v) is 13.2. The van der Waals surface area contributed by atoms with Gasteiger partial charge in [-0.05, 0) is 25.4 Å². The number of nitrogens with zero attached hydrogens (tertiary/aromatic N) is 1. The Morgan fingerprint density at radius 2 is 1.78 bits per heavy atom. The Hall–Kier alpha value is -0.120. The summed E-state index contributed by atoms with van der Waals surface area (Å²) in [5.41, 5.74) is 0. The molecule has 0 radical (unpaired) electrons. The van der Waals surface area contributed by atoms with Crippen LogP contribution < -0.4 is 5.32 Å². The van der Waals surface area contributed by atoms with Gasteiger partial charge in [-0.15, -0.1) is 0 Å². The number of rotatable bonds is 12. The van der Waals surface area contributed by atoms with Gasteiger partial charge in [0, 0.05) is 26.2 Å². The summed E-state index contributed by atoms with van der Waals surface area (Å²) < 4.78 is 5.38. The van der Waals surface area contributed by atoms with Crippen molar-refractivity contribution in [3.8, 4) is 0 Å². The Morgan fingerprint density at radius 3 is 2.22 bits per heavy atom. The second kappa shape index (κ2) is 11.9. The van der Waals surface area contributed by atoms with Gasteiger partial charge < -0.3 is 10.1 Å². The van der Waals surface area contributed by atoms with Crippen LogP contribution >= 0.6 is 0 Å². The second-order valence-electron chi connectivity index (χ2n) is 5.08. The number of ether oxygens (including phenoxy) is 1. The molecule has 0 fully saturated rings. The second-order valence-corrected chi connectivity index (χ2v) is 5.08. The van der Waals surface area contributed by atoms with E-state index in [-0.39, 0.29) is 0 Å². The van der Waals surface area contributed by atoms with E-state index >= 15 is 0 Å². The summed E-state index contributed by atoms with van der Waals surface area (Å²) in [5, 5.41) is 3.52. The maximum absolute atomic E-state index is 5.38. The molecule has 0 spiro atoms. The third-order valence-corrected chi connectivity index (χ3v) is 3.74. The standard InChI is InChI=1S/C15H34N2O/c1-6-10-16-11-15(13-18-5)17(9-4)12-14(7-2)8-3/h14-16H,6-13H2,1-5H3. The van der Waals surface area contributed by atoms with Crippen molar-refractivity contribution in [2.75, 3.05) is 39.9 Å². The highest BCUT2D eigenvalue weighted by Gasteiger charge is 2.19. The number of hydrogen-bond acceptors (Lipinski definition) is 3. The lowest BCUT2D eigenvalue weighted by molar-refractivity contribution is 0.0806. The number of nitrogens with one attached hydrogen (secondary N) is 1. The first-order chi connectivity index (χ1) is 8.73. The van der Waals surface area contributed by atoms with Crippen molar-refractivity contribution in [1.82, 2.24) is 10.2 Å². The molecule has 3 heteroatoms. The molecule has 1 unspecified atom stereocenters. The molecule has 0 bridgehead atoms. The molecule has 0 aliphatic rings. The highest BCUT2D eigenvalue weighted by molar-refractivity contribution is 4.75. The fourth-order valence-electron chi connectivity index (χ4n) is 2.35. The maximum atomic E-state index is 5.38. The molecular formula is C15H34N2O. The molecule has 0 aromatic heterocycles. The Morgan fingerprint density at radius 1 is 1.11 bits per heavy atom. The molecule has 0 aromatic rings. The molecule has 0 rings (SSSR count). The molecule has 0 saturated carbocycles. The zero-order chi connectivity index (χ0) is 13.8. The van der Waals surface area contributed by atoms with E-state index < -0.39 is 0 Å². The first-order valence-electron chi connectivity index (χ1n) is 7.66. The highest BCUT2D eigenvalue weighted by atomic mass is 16.5. The van der Waals surface area contributed by atoms with Crippen LogP contribution in [0.3, 0.4) is 0 Å². The van der Waals surface area contributed by atoms with Gasteiger partial charge in [0.05, 0.1) is 6.61 Å². The lowest BCUT2D eigenvalue weighted by Crippen LogP contribution is -2.47. The molecule has 1 atom stereocenters. The fourth-order valence-corrected chi connectivity index (χ4v) is 2.35. The molecule has 1 N–H and O–H groups in total. The smallest absolute Gasteiger partial charge is 0.0630 e. The van der Waals surface area contributed by atoms with Crippen molar-refractivity contribution >= 4 is 0 Å². The Balaban J connectivity index is 4.30. The molecule has 0 saturated heterocycles. The molecule has 0 aromatic carbocycles. The number of methoxy groups -OCH3 is 1. The molecule has 0 heterocycles. The summed E-state index contributed by atoms with van der Waals surface area (Å²) in [7, 11) is 1.80. The molecular weight excluding hydrogens is 224 g/mol. The van der Waals surface area contributed by atoms with Crippen LogP contribution in [0.1, 0.15) is 47.0 Å². The van der Waals surface area contributed by atoms with Gasteiger partial charge in [-0.3, -0.25) is 4.90 Å². The number of likely N-dealkylation sites (N-methyl/N-ethyl adjacent to an activating group) is 1. The van der Waals surface area contributed by atoms with Crippen LogP contribution in [0.4, 0.5) is 0 Å². The van der Waals surface area contributed by atoms with Crippen LogP contribution in [0.15, 0.2) is 0 Å². The van der Waals surface area contributed by atoms with Crippen molar-refractivity contribution < 1.29 is 4.74 Å². The van der Waals surface area contributed by atoms with E-state index in [1.54, 1.807) is 7.11 Å². The molecule has 0 aliphatic heterocycles. The van der Waals surface area contributed by atoms with Crippen molar-refractivity contribution in [3.63, 3.8) is 0 Å². The Kier molecular flexibility index (Phi) is 11.9. The maximum Gasteiger partial charge on any atom is 0.0630 e. The summed E-state index contributed by atoms with van der Waals surface area (Å²) in [5.74, 6) is 0.815. The van der Waals surface area contributed by atoms with Gasteiger partial charge >= 0.3 is 0 Å². The van der Waals surface area contributed by atoms with E-state index in [0.717, 1.165) is 32.2 Å². The van der Waals surface area contributed by atoms with Gasteiger partial charge in [-0.1, -0.05) is 40.5 Å². The summed E-state index contributed by atoms with van der Waals surface area (Å²) in [6.45, 7) is 14.3. The van der Waals surface area contributed by atoms with Crippen LogP contribution in [0, 0.1) is 5.92 Å². The van der Waals surface area contributed by atoms with E-state index in [4.69, 9.17) is 4.74 Å². The molecule has 0 amide bonds. The van der Waals surface area contributed by atoms with Gasteiger partial charge in [0.25, 0.3) is 0 Å². The van der Waals surface area contributed by atoms with Gasteiger partial charge in [0.2, 0.25) is 0 Å². The topological polar surface area (TPSA) is 24.5 Å². The minimum Gasteiger partial charge on any atom is -0.383 e. The molecule has 3 nitrogen and oxygen atoms in total. The predicted molar refractivity (Wildman–Crippen MR) is 80.1 cm³/mol. The van der Waals surface area contributed by atoms with Gasteiger partial charge in [-0.25, -0.2) is 0 Å². The SMILES string of the molecule is CCCNCC(COC)N(CC)CC(CC)CC. The monoisotopic (exact) mass is 258 g/mol. The highest BCUT2D eigenvalue weighted by Crippen LogP contribution is 2.12. The van der Waals surface area contributed by atoms with Crippen LogP contribution in [-0.2, 0) is 4.74 Å². The van der Waals surface area contributed by atoms with E-state index in [0.29, 0.717) is 6.04 Å². The summed E-state index contributed by atoms with van der Waals surface area (Å²) in [6.07, 6.45) is 3.74. The Labute approximate surface area is 114 Å². The Bertz CT molecular complexity index is 172. The van der Waals surface area contributed by atoms with Gasteiger partial charge in [-0.2, -0.15) is 0 Å². The van der Waals surface area contributed by atoms with Crippen molar-refractivity contribution in [2.24, 2.45) is 5.92 Å². The van der Waals surface area contributed by atoms with Gasteiger partial charge in [0.1, 0.15) is 0 Å². The first kappa shape index (κ1) is 17.9. The third-order valence-electron chi connectivity index (χ3n) is 3.74. The first-order valence-corrected chi connectivity index (χ1v) is 7.66. The molecule has 0 aliphatic carbocycles. The fraction of sp³-hybridized carbons (Fsp3) is 1.00. The predicted octanol–water partition coefficient (Wildman–Crippen LogP) is 2.76. The molecule has 18 heavy (non-hydrogen) atoms. The van der Waals surface area contributed by atoms with E-state index in [1.807, 2.05) is 0 Å². The minimum atomic E-state index is 0.507. The zero-order valence-electron chi connectivity index (χ0n) is 13.2. The average molecular weight is 258 g/mol. The molecule has 110 valence electrons. The van der Waals surface area contributed by atoms with Crippen LogP contribution in [0.5, 0.6) is 0 Å². The lowest BCUT2D eigenvalue weighted by atomic mass is 10.0. The largest absolute Gasteiger partial charge is 0.383 e. The third kappa shape index (κ3) is 7.34.